The predicted molar refractivity (Wildman–Crippen MR) is 315 cm³/mol. The molecule has 460 valence electrons. The summed E-state index contributed by atoms with van der Waals surface area (Å²) in [6, 6.07) is 14.7. The minimum atomic E-state index is -3.48. The van der Waals surface area contributed by atoms with Crippen LogP contribution in [0.15, 0.2) is 83.0 Å². The first kappa shape index (κ1) is 65.1. The molecule has 5 amide bonds. The van der Waals surface area contributed by atoms with E-state index in [0.717, 1.165) is 22.8 Å². The van der Waals surface area contributed by atoms with E-state index < -0.39 is 70.1 Å². The first-order chi connectivity index (χ1) is 41.2. The second-order valence-electron chi connectivity index (χ2n) is 21.0. The van der Waals surface area contributed by atoms with Gasteiger partial charge in [-0.25, -0.2) is 33.0 Å². The minimum absolute atomic E-state index is 0.0243. The summed E-state index contributed by atoms with van der Waals surface area (Å²) in [7, 11) is -3.48. The van der Waals surface area contributed by atoms with Crippen molar-refractivity contribution in [2.45, 2.75) is 122 Å². The number of pyridine rings is 2. The van der Waals surface area contributed by atoms with Gasteiger partial charge < -0.3 is 60.2 Å². The molecule has 5 aromatic rings. The molecule has 3 aromatic heterocycles. The normalized spacial score (nSPS) is 14.6. The summed E-state index contributed by atoms with van der Waals surface area (Å²) in [5, 5.41) is 11.5. The Balaban J connectivity index is 0.840. The number of fused-ring (bicyclic) bond motifs is 5. The average molecular weight is 1210 g/mol. The van der Waals surface area contributed by atoms with E-state index >= 15 is 0 Å². The number of carbonyl (C=O) groups is 7. The van der Waals surface area contributed by atoms with E-state index in [0.29, 0.717) is 85.3 Å². The molecule has 0 radical (unpaired) electrons. The van der Waals surface area contributed by atoms with Gasteiger partial charge >= 0.3 is 12.1 Å². The van der Waals surface area contributed by atoms with Gasteiger partial charge in [-0.15, -0.1) is 0 Å². The zero-order chi connectivity index (χ0) is 62.0. The Morgan fingerprint density at radius 2 is 1.62 bits per heavy atom. The highest BCUT2D eigenvalue weighted by atomic mass is 32.2. The topological polar surface area (TPSA) is 338 Å². The number of hydrogen-bond acceptors (Lipinski definition) is 19. The smallest absolute Gasteiger partial charge is 0.457 e. The molecule has 5 heterocycles. The first-order valence-corrected chi connectivity index (χ1v) is 30.4. The number of para-hydroxylation sites is 1. The number of nitrogens with two attached hydrogens (primary N) is 1. The third kappa shape index (κ3) is 17.1. The molecular weight excluding hydrogens is 1130 g/mol. The Hall–Kier alpha value is -8.46. The molecule has 0 unspecified atom stereocenters. The number of rotatable bonds is 31. The lowest BCUT2D eigenvalue weighted by molar-refractivity contribution is -0.175. The van der Waals surface area contributed by atoms with Crippen molar-refractivity contribution in [3.63, 3.8) is 0 Å². The highest BCUT2D eigenvalue weighted by Gasteiger charge is 2.51. The zero-order valence-corrected chi connectivity index (χ0v) is 49.8. The number of hydrogen-bond donors (Lipinski definition) is 5. The number of sulfone groups is 1. The van der Waals surface area contributed by atoms with E-state index in [4.69, 9.17) is 34.4 Å². The number of cyclic esters (lactones) is 1. The van der Waals surface area contributed by atoms with Crippen LogP contribution in [0.4, 0.5) is 10.5 Å². The lowest BCUT2D eigenvalue weighted by Gasteiger charge is -2.35. The minimum Gasteiger partial charge on any atom is -0.457 e. The van der Waals surface area contributed by atoms with Gasteiger partial charge in [0.2, 0.25) is 50.1 Å². The number of unbranched alkanes of at least 4 members (excludes halogenated alkanes) is 2. The van der Waals surface area contributed by atoms with Gasteiger partial charge in [-0.2, -0.15) is 0 Å². The van der Waals surface area contributed by atoms with Gasteiger partial charge in [0.05, 0.1) is 42.2 Å². The summed E-state index contributed by atoms with van der Waals surface area (Å²) in [6.45, 7) is 7.34. The van der Waals surface area contributed by atoms with Crippen LogP contribution in [-0.2, 0) is 94.1 Å². The fourth-order valence-corrected chi connectivity index (χ4v) is 10.5. The van der Waals surface area contributed by atoms with Crippen molar-refractivity contribution in [3.05, 3.63) is 117 Å². The summed E-state index contributed by atoms with van der Waals surface area (Å²) in [6.07, 6.45) is 9.52. The maximum absolute atomic E-state index is 14.4. The molecule has 0 saturated heterocycles. The molecular formula is C60H74N10O15S. The summed E-state index contributed by atoms with van der Waals surface area (Å²) < 4.78 is 52.3. The maximum Gasteiger partial charge on any atom is 0.510 e. The van der Waals surface area contributed by atoms with Gasteiger partial charge in [0.1, 0.15) is 32.5 Å². The maximum atomic E-state index is 14.4. The van der Waals surface area contributed by atoms with E-state index in [1.54, 1.807) is 52.8 Å². The second kappa shape index (κ2) is 30.6. The SMILES string of the molecule is CC[C@@]1(OC(=O)OCc2ccc(NC(=O)[C@H](CCCCN)NC(=O)COCC(=O)NCCOCCNC(=O)CCC/C=C/c3cnc(S(C)(=O)=O)nc3)cc2)C(=O)OCc2c1cc1n(c2=O)Cc2c-1nc1ccccc1c2CCN(C(C)=O)C(C)C. The van der Waals surface area contributed by atoms with Gasteiger partial charge in [0, 0.05) is 85.4 Å². The molecule has 7 rings (SSSR count). The number of nitrogens with one attached hydrogen (secondary N) is 4. The molecule has 0 saturated carbocycles. The van der Waals surface area contributed by atoms with Crippen LogP contribution in [0.5, 0.6) is 0 Å². The Bertz CT molecular complexity index is 3480. The summed E-state index contributed by atoms with van der Waals surface area (Å²) >= 11 is 0. The predicted octanol–water partition coefficient (Wildman–Crippen LogP) is 4.14. The summed E-state index contributed by atoms with van der Waals surface area (Å²) in [5.74, 6) is -2.72. The molecule has 2 aliphatic rings. The molecule has 2 aromatic carbocycles. The third-order valence-electron chi connectivity index (χ3n) is 14.4. The Morgan fingerprint density at radius 3 is 2.30 bits per heavy atom. The van der Waals surface area contributed by atoms with Crippen LogP contribution in [0.25, 0.3) is 28.4 Å². The van der Waals surface area contributed by atoms with Crippen molar-refractivity contribution >= 4 is 74.2 Å². The lowest BCUT2D eigenvalue weighted by atomic mass is 9.85. The third-order valence-corrected chi connectivity index (χ3v) is 15.3. The van der Waals surface area contributed by atoms with Crippen molar-refractivity contribution < 1.29 is 65.7 Å². The molecule has 6 N–H and O–H groups in total. The molecule has 86 heavy (non-hydrogen) atoms. The number of ether oxygens (including phenoxy) is 5. The van der Waals surface area contributed by atoms with Gasteiger partial charge in [0.15, 0.2) is 0 Å². The lowest BCUT2D eigenvalue weighted by Crippen LogP contribution is -2.47. The van der Waals surface area contributed by atoms with Gasteiger partial charge in [-0.05, 0) is 101 Å². The molecule has 0 spiro atoms. The molecule has 0 fully saturated rings. The van der Waals surface area contributed by atoms with Crippen LogP contribution in [0, 0.1) is 0 Å². The first-order valence-electron chi connectivity index (χ1n) is 28.5. The molecule has 25 nitrogen and oxygen atoms in total. The van der Waals surface area contributed by atoms with E-state index in [1.807, 2.05) is 44.2 Å². The van der Waals surface area contributed by atoms with Crippen LogP contribution in [0.2, 0.25) is 0 Å². The van der Waals surface area contributed by atoms with Crippen molar-refractivity contribution in [1.29, 1.82) is 0 Å². The molecule has 0 aliphatic carbocycles. The fourth-order valence-electron chi connectivity index (χ4n) is 10.00. The van der Waals surface area contributed by atoms with Crippen LogP contribution < -0.4 is 32.6 Å². The molecule has 26 heteroatoms. The van der Waals surface area contributed by atoms with Gasteiger partial charge in [-0.1, -0.05) is 49.4 Å². The standard InChI is InChI=1S/C60H74N10O15S/c1-6-60(47-30-50-54-45(33-70(50)56(76)46(47)35-83-57(60)77)43(23-27-69(38(2)3)39(4)71)44-15-10-11-16-48(44)68-54)85-59(78)84-34-40-19-21-42(22-20-40)66-55(75)49(17-12-13-24-61)67-53(74)37-82-36-52(73)63-26-29-81-28-25-62-51(72)18-9-7-8-14-41-31-64-58(65-32-41)86(5,79)80/h8,10-11,14-16,19-22,30-32,38,49H,6-7,9,12-13,17-18,23-29,33-37,61H2,1-5H3,(H,62,72)(H,63,73)(H,66,75)(H,67,74)/b14-8+/t49-,60-/m0/s1. The van der Waals surface area contributed by atoms with Crippen molar-refractivity contribution in [3.8, 4) is 11.4 Å². The Kier molecular flexibility index (Phi) is 23.1. The van der Waals surface area contributed by atoms with Crippen molar-refractivity contribution in [2.24, 2.45) is 5.73 Å². The quantitative estimate of drug-likeness (QED) is 0.0232. The van der Waals surface area contributed by atoms with Crippen LogP contribution >= 0.6 is 0 Å². The van der Waals surface area contributed by atoms with Gasteiger partial charge in [0.25, 0.3) is 5.56 Å². The van der Waals surface area contributed by atoms with E-state index in [2.05, 4.69) is 31.2 Å². The number of aromatic nitrogens is 4. The highest BCUT2D eigenvalue weighted by molar-refractivity contribution is 7.90. The zero-order valence-electron chi connectivity index (χ0n) is 48.9. The van der Waals surface area contributed by atoms with Gasteiger partial charge in [-0.3, -0.25) is 28.8 Å². The molecule has 2 atom stereocenters. The highest BCUT2D eigenvalue weighted by Crippen LogP contribution is 2.42. The number of anilines is 1. The van der Waals surface area contributed by atoms with Crippen LogP contribution in [-0.4, -0.2) is 145 Å². The largest absolute Gasteiger partial charge is 0.510 e. The fraction of sp³-hybridized carbons (Fsp3) is 0.450. The summed E-state index contributed by atoms with van der Waals surface area (Å²) in [4.78, 5) is 120. The molecule has 2 aliphatic heterocycles. The van der Waals surface area contributed by atoms with Crippen molar-refractivity contribution in [1.82, 2.24) is 40.4 Å². The van der Waals surface area contributed by atoms with E-state index in [-0.39, 0.29) is 93.0 Å². The number of amides is 5. The average Bonchev–Trinajstić information content (AvgIpc) is 1.47. The Morgan fingerprint density at radius 1 is 0.907 bits per heavy atom. The number of nitrogens with zero attached hydrogens (tertiary/aromatic N) is 5. The Labute approximate surface area is 498 Å². The molecule has 0 bridgehead atoms. The monoisotopic (exact) mass is 1210 g/mol. The number of benzene rings is 2. The number of carbonyl (C=O) groups excluding carboxylic acids is 7. The van der Waals surface area contributed by atoms with Crippen molar-refractivity contribution in [2.75, 3.05) is 64.2 Å². The number of allylic oxidation sites excluding steroid dienone is 1. The summed E-state index contributed by atoms with van der Waals surface area (Å²) in [5.41, 5.74) is 8.52. The van der Waals surface area contributed by atoms with E-state index in [1.165, 1.54) is 19.3 Å². The van der Waals surface area contributed by atoms with E-state index in [9.17, 15) is 46.8 Å². The van der Waals surface area contributed by atoms with Crippen LogP contribution in [0.3, 0.4) is 0 Å². The second-order valence-corrected chi connectivity index (χ2v) is 22.9. The number of esters is 1. The van der Waals surface area contributed by atoms with Crippen LogP contribution in [0.1, 0.15) is 106 Å².